The maximum atomic E-state index is 6.07. The van der Waals surface area contributed by atoms with Crippen molar-refractivity contribution in [2.75, 3.05) is 6.54 Å². The summed E-state index contributed by atoms with van der Waals surface area (Å²) in [4.78, 5) is 0. The topological polar surface area (TPSA) is 21.3 Å². The zero-order chi connectivity index (χ0) is 15.3. The van der Waals surface area contributed by atoms with Crippen LogP contribution >= 0.6 is 0 Å². The van der Waals surface area contributed by atoms with Crippen molar-refractivity contribution in [2.24, 2.45) is 5.41 Å². The minimum absolute atomic E-state index is 0.215. The van der Waals surface area contributed by atoms with E-state index in [0.717, 1.165) is 12.3 Å². The monoisotopic (exact) mass is 289 g/mol. The highest BCUT2D eigenvalue weighted by Gasteiger charge is 2.37. The van der Waals surface area contributed by atoms with E-state index in [-0.39, 0.29) is 6.10 Å². The van der Waals surface area contributed by atoms with Gasteiger partial charge in [-0.05, 0) is 44.7 Å². The molecule has 0 amide bonds. The van der Waals surface area contributed by atoms with Crippen LogP contribution in [-0.2, 0) is 0 Å². The summed E-state index contributed by atoms with van der Waals surface area (Å²) in [5.74, 6) is 1.05. The van der Waals surface area contributed by atoms with Gasteiger partial charge in [-0.1, -0.05) is 51.3 Å². The van der Waals surface area contributed by atoms with Crippen LogP contribution in [0.25, 0.3) is 0 Å². The summed E-state index contributed by atoms with van der Waals surface area (Å²) < 4.78 is 6.07. The second kappa shape index (κ2) is 7.31. The van der Waals surface area contributed by atoms with Gasteiger partial charge in [-0.15, -0.1) is 0 Å². The van der Waals surface area contributed by atoms with E-state index in [9.17, 15) is 0 Å². The first-order valence-corrected chi connectivity index (χ1v) is 8.56. The highest BCUT2D eigenvalue weighted by molar-refractivity contribution is 5.37. The van der Waals surface area contributed by atoms with E-state index >= 15 is 0 Å². The highest BCUT2D eigenvalue weighted by Crippen LogP contribution is 2.47. The number of para-hydroxylation sites is 1. The lowest BCUT2D eigenvalue weighted by atomic mass is 9.68. The van der Waals surface area contributed by atoms with Gasteiger partial charge in [0, 0.05) is 11.6 Å². The molecule has 0 heterocycles. The summed E-state index contributed by atoms with van der Waals surface area (Å²) in [5, 5.41) is 3.74. The standard InChI is InChI=1S/C19H31NO/c1-5-20-18(19(4)13-9-6-10-14-19)16-11-7-8-12-17(16)21-15(2)3/h7-8,11-12,15,18,20H,5-6,9-10,13-14H2,1-4H3. The van der Waals surface area contributed by atoms with Gasteiger partial charge in [0.05, 0.1) is 6.10 Å². The largest absolute Gasteiger partial charge is 0.491 e. The third kappa shape index (κ3) is 4.00. The molecule has 2 nitrogen and oxygen atoms in total. The molecule has 0 spiro atoms. The van der Waals surface area contributed by atoms with Crippen LogP contribution in [0.5, 0.6) is 5.75 Å². The average Bonchev–Trinajstić information content (AvgIpc) is 2.46. The molecular weight excluding hydrogens is 258 g/mol. The Kier molecular flexibility index (Phi) is 5.69. The summed E-state index contributed by atoms with van der Waals surface area (Å²) >= 11 is 0. The molecule has 1 aromatic carbocycles. The molecule has 1 saturated carbocycles. The number of rotatable bonds is 6. The lowest BCUT2D eigenvalue weighted by Gasteiger charge is -2.42. The van der Waals surface area contributed by atoms with Gasteiger partial charge in [-0.2, -0.15) is 0 Å². The molecule has 1 aliphatic carbocycles. The summed E-state index contributed by atoms with van der Waals surface area (Å²) in [6.07, 6.45) is 6.92. The molecule has 0 bridgehead atoms. The summed E-state index contributed by atoms with van der Waals surface area (Å²) in [6.45, 7) is 9.84. The van der Waals surface area contributed by atoms with Crippen LogP contribution in [-0.4, -0.2) is 12.6 Å². The van der Waals surface area contributed by atoms with Crippen LogP contribution in [0.1, 0.15) is 71.4 Å². The molecule has 0 aliphatic heterocycles. The second-order valence-corrected chi connectivity index (χ2v) is 6.91. The third-order valence-electron chi connectivity index (χ3n) is 4.69. The Bertz CT molecular complexity index is 435. The number of benzene rings is 1. The highest BCUT2D eigenvalue weighted by atomic mass is 16.5. The molecule has 1 unspecified atom stereocenters. The fourth-order valence-corrected chi connectivity index (χ4v) is 3.66. The molecule has 2 heteroatoms. The molecule has 1 aromatic rings. The molecule has 0 radical (unpaired) electrons. The number of hydrogen-bond acceptors (Lipinski definition) is 2. The van der Waals surface area contributed by atoms with Gasteiger partial charge in [0.25, 0.3) is 0 Å². The zero-order valence-electron chi connectivity index (χ0n) is 14.1. The van der Waals surface area contributed by atoms with E-state index < -0.39 is 0 Å². The van der Waals surface area contributed by atoms with Crippen molar-refractivity contribution in [1.29, 1.82) is 0 Å². The summed E-state index contributed by atoms with van der Waals surface area (Å²) in [5.41, 5.74) is 1.67. The van der Waals surface area contributed by atoms with Crippen LogP contribution < -0.4 is 10.1 Å². The Morgan fingerprint density at radius 1 is 1.14 bits per heavy atom. The molecule has 1 aliphatic rings. The molecule has 1 atom stereocenters. The minimum Gasteiger partial charge on any atom is -0.491 e. The third-order valence-corrected chi connectivity index (χ3v) is 4.69. The molecule has 0 aromatic heterocycles. The van der Waals surface area contributed by atoms with E-state index in [0.29, 0.717) is 11.5 Å². The van der Waals surface area contributed by atoms with Crippen LogP contribution in [0.15, 0.2) is 24.3 Å². The van der Waals surface area contributed by atoms with Crippen LogP contribution in [0.2, 0.25) is 0 Å². The maximum absolute atomic E-state index is 6.07. The van der Waals surface area contributed by atoms with E-state index in [4.69, 9.17) is 4.74 Å². The average molecular weight is 289 g/mol. The van der Waals surface area contributed by atoms with E-state index in [1.165, 1.54) is 37.7 Å². The van der Waals surface area contributed by atoms with Crippen molar-refractivity contribution >= 4 is 0 Å². The number of nitrogens with one attached hydrogen (secondary N) is 1. The molecule has 1 N–H and O–H groups in total. The van der Waals surface area contributed by atoms with Gasteiger partial charge in [0.2, 0.25) is 0 Å². The molecular formula is C19H31NO. The number of hydrogen-bond donors (Lipinski definition) is 1. The Hall–Kier alpha value is -1.02. The van der Waals surface area contributed by atoms with Crippen molar-refractivity contribution in [1.82, 2.24) is 5.32 Å². The SMILES string of the molecule is CCNC(c1ccccc1OC(C)C)C1(C)CCCCC1. The quantitative estimate of drug-likeness (QED) is 0.787. The van der Waals surface area contributed by atoms with Gasteiger partial charge >= 0.3 is 0 Å². The predicted molar refractivity (Wildman–Crippen MR) is 89.8 cm³/mol. The molecule has 2 rings (SSSR count). The van der Waals surface area contributed by atoms with Crippen molar-refractivity contribution in [3.63, 3.8) is 0 Å². The normalized spacial score (nSPS) is 19.5. The van der Waals surface area contributed by atoms with Gasteiger partial charge in [0.1, 0.15) is 5.75 Å². The Labute approximate surface area is 130 Å². The molecule has 118 valence electrons. The minimum atomic E-state index is 0.215. The lowest BCUT2D eigenvalue weighted by molar-refractivity contribution is 0.140. The van der Waals surface area contributed by atoms with Gasteiger partial charge in [0.15, 0.2) is 0 Å². The molecule has 0 saturated heterocycles. The summed E-state index contributed by atoms with van der Waals surface area (Å²) in [6, 6.07) is 8.96. The Morgan fingerprint density at radius 3 is 2.43 bits per heavy atom. The first-order chi connectivity index (χ1) is 10.1. The zero-order valence-corrected chi connectivity index (χ0v) is 14.1. The fraction of sp³-hybridized carbons (Fsp3) is 0.684. The van der Waals surface area contributed by atoms with Crippen LogP contribution in [0, 0.1) is 5.41 Å². The smallest absolute Gasteiger partial charge is 0.124 e. The lowest BCUT2D eigenvalue weighted by Crippen LogP contribution is -2.38. The maximum Gasteiger partial charge on any atom is 0.124 e. The molecule has 1 fully saturated rings. The molecule has 21 heavy (non-hydrogen) atoms. The van der Waals surface area contributed by atoms with Gasteiger partial charge in [-0.25, -0.2) is 0 Å². The van der Waals surface area contributed by atoms with Crippen molar-refractivity contribution in [2.45, 2.75) is 71.9 Å². The van der Waals surface area contributed by atoms with Crippen LogP contribution in [0.4, 0.5) is 0 Å². The van der Waals surface area contributed by atoms with E-state index in [1.54, 1.807) is 0 Å². The first kappa shape index (κ1) is 16.4. The second-order valence-electron chi connectivity index (χ2n) is 6.91. The van der Waals surface area contributed by atoms with Crippen molar-refractivity contribution in [3.05, 3.63) is 29.8 Å². The predicted octanol–water partition coefficient (Wildman–Crippen LogP) is 5.09. The van der Waals surface area contributed by atoms with Gasteiger partial charge in [-0.3, -0.25) is 0 Å². The Morgan fingerprint density at radius 2 is 1.81 bits per heavy atom. The van der Waals surface area contributed by atoms with Gasteiger partial charge < -0.3 is 10.1 Å². The van der Waals surface area contributed by atoms with E-state index in [1.807, 2.05) is 0 Å². The van der Waals surface area contributed by atoms with Crippen LogP contribution in [0.3, 0.4) is 0 Å². The van der Waals surface area contributed by atoms with Crippen molar-refractivity contribution < 1.29 is 4.74 Å². The first-order valence-electron chi connectivity index (χ1n) is 8.56. The fourth-order valence-electron chi connectivity index (χ4n) is 3.66. The van der Waals surface area contributed by atoms with Crippen molar-refractivity contribution in [3.8, 4) is 5.75 Å². The number of ether oxygens (including phenoxy) is 1. The Balaban J connectivity index is 2.33. The summed E-state index contributed by atoms with van der Waals surface area (Å²) in [7, 11) is 0. The van der Waals surface area contributed by atoms with E-state index in [2.05, 4.69) is 57.3 Å².